The van der Waals surface area contributed by atoms with Gasteiger partial charge in [0.15, 0.2) is 6.04 Å². The van der Waals surface area contributed by atoms with Gasteiger partial charge in [0.25, 0.3) is 5.91 Å². The minimum absolute atomic E-state index is 0.0590. The van der Waals surface area contributed by atoms with Crippen molar-refractivity contribution >= 4 is 11.8 Å². The molecule has 2 aromatic rings. The Balaban J connectivity index is 1.91. The molecule has 90 valence electrons. The summed E-state index contributed by atoms with van der Waals surface area (Å²) in [5, 5.41) is 14.0. The minimum atomic E-state index is -0.692. The summed E-state index contributed by atoms with van der Waals surface area (Å²) in [5.41, 5.74) is 0.813. The first-order valence-corrected chi connectivity index (χ1v) is 5.42. The third kappa shape index (κ3) is 1.75. The van der Waals surface area contributed by atoms with Gasteiger partial charge in [0, 0.05) is 5.56 Å². The molecule has 7 heteroatoms. The van der Waals surface area contributed by atoms with E-state index in [1.807, 2.05) is 30.3 Å². The molecular weight excluding hydrogens is 234 g/mol. The van der Waals surface area contributed by atoms with Gasteiger partial charge in [-0.1, -0.05) is 30.3 Å². The summed E-state index contributed by atoms with van der Waals surface area (Å²) in [6.07, 6.45) is 0.0590. The number of hydrogen-bond acceptors (Lipinski definition) is 5. The molecule has 1 aromatic heterocycles. The molecule has 0 aliphatic carbocycles. The van der Waals surface area contributed by atoms with Crippen LogP contribution >= 0.6 is 0 Å². The van der Waals surface area contributed by atoms with E-state index in [4.69, 9.17) is 0 Å². The number of tetrazole rings is 1. The van der Waals surface area contributed by atoms with Gasteiger partial charge in [0.2, 0.25) is 11.7 Å². The second-order valence-corrected chi connectivity index (χ2v) is 3.93. The average Bonchev–Trinajstić information content (AvgIpc) is 2.97. The number of carbonyl (C=O) groups is 2. The van der Waals surface area contributed by atoms with Gasteiger partial charge < -0.3 is 0 Å². The predicted molar refractivity (Wildman–Crippen MR) is 60.1 cm³/mol. The summed E-state index contributed by atoms with van der Waals surface area (Å²) in [7, 11) is 0. The highest BCUT2D eigenvalue weighted by Crippen LogP contribution is 2.17. The molecule has 0 spiro atoms. The highest BCUT2D eigenvalue weighted by Gasteiger charge is 2.34. The SMILES string of the molecule is O=C1CC(n2nnc(-c3ccccc3)n2)C(=O)N1. The van der Waals surface area contributed by atoms with Crippen molar-refractivity contribution < 1.29 is 9.59 Å². The zero-order valence-corrected chi connectivity index (χ0v) is 9.28. The molecular formula is C11H9N5O2. The van der Waals surface area contributed by atoms with E-state index in [2.05, 4.69) is 20.7 Å². The van der Waals surface area contributed by atoms with Crippen LogP contribution in [-0.4, -0.2) is 32.0 Å². The van der Waals surface area contributed by atoms with Crippen molar-refractivity contribution in [2.45, 2.75) is 12.5 Å². The molecule has 18 heavy (non-hydrogen) atoms. The van der Waals surface area contributed by atoms with Crippen molar-refractivity contribution in [3.05, 3.63) is 30.3 Å². The lowest BCUT2D eigenvalue weighted by molar-refractivity contribution is -0.125. The second-order valence-electron chi connectivity index (χ2n) is 3.93. The lowest BCUT2D eigenvalue weighted by Crippen LogP contribution is -2.24. The number of rotatable bonds is 2. The van der Waals surface area contributed by atoms with E-state index >= 15 is 0 Å². The van der Waals surface area contributed by atoms with Crippen LogP contribution in [0.15, 0.2) is 30.3 Å². The Morgan fingerprint density at radius 1 is 1.22 bits per heavy atom. The van der Waals surface area contributed by atoms with Crippen LogP contribution in [0.5, 0.6) is 0 Å². The Morgan fingerprint density at radius 2 is 2.00 bits per heavy atom. The Labute approximate surface area is 102 Å². The number of nitrogens with zero attached hydrogens (tertiary/aromatic N) is 4. The van der Waals surface area contributed by atoms with Crippen LogP contribution in [0.25, 0.3) is 11.4 Å². The zero-order valence-electron chi connectivity index (χ0n) is 9.28. The number of aromatic nitrogens is 4. The number of carbonyl (C=O) groups excluding carboxylic acids is 2. The van der Waals surface area contributed by atoms with Gasteiger partial charge in [-0.05, 0) is 5.21 Å². The van der Waals surface area contributed by atoms with Crippen molar-refractivity contribution in [3.8, 4) is 11.4 Å². The highest BCUT2D eigenvalue weighted by atomic mass is 16.2. The van der Waals surface area contributed by atoms with Gasteiger partial charge in [-0.2, -0.15) is 4.80 Å². The molecule has 0 saturated carbocycles. The van der Waals surface area contributed by atoms with Crippen LogP contribution in [0.2, 0.25) is 0 Å². The molecule has 1 aromatic carbocycles. The van der Waals surface area contributed by atoms with Crippen molar-refractivity contribution in [1.29, 1.82) is 0 Å². The van der Waals surface area contributed by atoms with Crippen LogP contribution < -0.4 is 5.32 Å². The summed E-state index contributed by atoms with van der Waals surface area (Å²) in [5.74, 6) is -0.275. The third-order valence-corrected chi connectivity index (χ3v) is 2.68. The number of nitrogens with one attached hydrogen (secondary N) is 1. The lowest BCUT2D eigenvalue weighted by atomic mass is 10.2. The fourth-order valence-corrected chi connectivity index (χ4v) is 1.79. The van der Waals surface area contributed by atoms with E-state index in [0.717, 1.165) is 5.56 Å². The normalized spacial score (nSPS) is 19.0. The van der Waals surface area contributed by atoms with Crippen molar-refractivity contribution in [3.63, 3.8) is 0 Å². The number of benzene rings is 1. The van der Waals surface area contributed by atoms with E-state index in [1.165, 1.54) is 4.80 Å². The quantitative estimate of drug-likeness (QED) is 0.745. The predicted octanol–water partition coefficient (Wildman–Crippen LogP) is -0.0723. The van der Waals surface area contributed by atoms with Crippen LogP contribution in [0.3, 0.4) is 0 Å². The molecule has 2 heterocycles. The molecule has 0 radical (unpaired) electrons. The maximum atomic E-state index is 11.5. The molecule has 1 unspecified atom stereocenters. The molecule has 1 N–H and O–H groups in total. The average molecular weight is 243 g/mol. The molecule has 2 amide bonds. The maximum Gasteiger partial charge on any atom is 0.253 e. The van der Waals surface area contributed by atoms with E-state index in [9.17, 15) is 9.59 Å². The molecule has 7 nitrogen and oxygen atoms in total. The molecule has 1 atom stereocenters. The van der Waals surface area contributed by atoms with Gasteiger partial charge in [0.05, 0.1) is 6.42 Å². The van der Waals surface area contributed by atoms with Crippen molar-refractivity contribution in [2.75, 3.05) is 0 Å². The number of hydrogen-bond donors (Lipinski definition) is 1. The van der Waals surface area contributed by atoms with E-state index < -0.39 is 11.9 Å². The molecule has 1 saturated heterocycles. The Kier molecular flexibility index (Phi) is 2.36. The summed E-state index contributed by atoms with van der Waals surface area (Å²) >= 11 is 0. The van der Waals surface area contributed by atoms with Gasteiger partial charge in [0.1, 0.15) is 0 Å². The van der Waals surface area contributed by atoms with Crippen LogP contribution in [0, 0.1) is 0 Å². The summed E-state index contributed by atoms with van der Waals surface area (Å²) in [6, 6.07) is 8.62. The molecule has 0 bridgehead atoms. The fourth-order valence-electron chi connectivity index (χ4n) is 1.79. The van der Waals surface area contributed by atoms with E-state index in [0.29, 0.717) is 5.82 Å². The smallest absolute Gasteiger partial charge is 0.253 e. The topological polar surface area (TPSA) is 89.8 Å². The third-order valence-electron chi connectivity index (χ3n) is 2.68. The van der Waals surface area contributed by atoms with Crippen molar-refractivity contribution in [1.82, 2.24) is 25.5 Å². The minimum Gasteiger partial charge on any atom is -0.294 e. The molecule has 3 rings (SSSR count). The highest BCUT2D eigenvalue weighted by molar-refractivity contribution is 6.04. The van der Waals surface area contributed by atoms with Crippen LogP contribution in [-0.2, 0) is 9.59 Å². The first-order chi connectivity index (χ1) is 8.74. The standard InChI is InChI=1S/C11H9N5O2/c17-9-6-8(11(18)12-9)16-14-10(13-15-16)7-4-2-1-3-5-7/h1-5,8H,6H2,(H,12,17,18). The summed E-state index contributed by atoms with van der Waals surface area (Å²) < 4.78 is 0. The summed E-state index contributed by atoms with van der Waals surface area (Å²) in [6.45, 7) is 0. The van der Waals surface area contributed by atoms with Gasteiger partial charge in [-0.15, -0.1) is 10.2 Å². The fraction of sp³-hybridized carbons (Fsp3) is 0.182. The Hall–Kier alpha value is -2.57. The second kappa shape index (κ2) is 4.02. The van der Waals surface area contributed by atoms with E-state index in [-0.39, 0.29) is 12.3 Å². The van der Waals surface area contributed by atoms with Crippen LogP contribution in [0.4, 0.5) is 0 Å². The Bertz CT molecular complexity index is 607. The maximum absolute atomic E-state index is 11.5. The first kappa shape index (κ1) is 10.6. The number of imide groups is 1. The lowest BCUT2D eigenvalue weighted by Gasteiger charge is -2.01. The molecule has 1 aliphatic rings. The first-order valence-electron chi connectivity index (χ1n) is 5.42. The monoisotopic (exact) mass is 243 g/mol. The van der Waals surface area contributed by atoms with Gasteiger partial charge in [-0.3, -0.25) is 14.9 Å². The van der Waals surface area contributed by atoms with Crippen molar-refractivity contribution in [2.24, 2.45) is 0 Å². The zero-order chi connectivity index (χ0) is 12.5. The van der Waals surface area contributed by atoms with Gasteiger partial charge >= 0.3 is 0 Å². The molecule has 1 aliphatic heterocycles. The molecule has 1 fully saturated rings. The largest absolute Gasteiger partial charge is 0.294 e. The summed E-state index contributed by atoms with van der Waals surface area (Å²) in [4.78, 5) is 23.7. The van der Waals surface area contributed by atoms with Gasteiger partial charge in [-0.25, -0.2) is 0 Å². The Morgan fingerprint density at radius 3 is 2.67 bits per heavy atom. The van der Waals surface area contributed by atoms with E-state index in [1.54, 1.807) is 0 Å². The van der Waals surface area contributed by atoms with Crippen LogP contribution in [0.1, 0.15) is 12.5 Å². The number of amides is 2.